The van der Waals surface area contributed by atoms with Gasteiger partial charge in [0.05, 0.1) is 42.7 Å². The molecular weight excluding hydrogens is 646 g/mol. The van der Waals surface area contributed by atoms with Crippen molar-refractivity contribution in [1.82, 2.24) is 24.3 Å². The quantitative estimate of drug-likeness (QED) is 0.277. The molecule has 0 spiro atoms. The zero-order valence-electron chi connectivity index (χ0n) is 24.6. The summed E-state index contributed by atoms with van der Waals surface area (Å²) >= 11 is 13.2. The Labute approximate surface area is 272 Å². The summed E-state index contributed by atoms with van der Waals surface area (Å²) in [6.45, 7) is 1.86. The number of morpholine rings is 1. The molecule has 46 heavy (non-hydrogen) atoms. The summed E-state index contributed by atoms with van der Waals surface area (Å²) in [7, 11) is 0. The van der Waals surface area contributed by atoms with Gasteiger partial charge in [-0.1, -0.05) is 59.6 Å². The van der Waals surface area contributed by atoms with Gasteiger partial charge in [0.1, 0.15) is 11.5 Å². The fourth-order valence-corrected chi connectivity index (χ4v) is 6.80. The van der Waals surface area contributed by atoms with E-state index in [1.807, 2.05) is 12.1 Å². The van der Waals surface area contributed by atoms with Gasteiger partial charge >= 0.3 is 6.18 Å². The van der Waals surface area contributed by atoms with Crippen molar-refractivity contribution in [2.24, 2.45) is 0 Å². The summed E-state index contributed by atoms with van der Waals surface area (Å²) in [6, 6.07) is 14.3. The lowest BCUT2D eigenvalue weighted by molar-refractivity contribution is -0.162. The van der Waals surface area contributed by atoms with E-state index in [0.717, 1.165) is 12.1 Å². The maximum atomic E-state index is 13.8. The first-order chi connectivity index (χ1) is 21.9. The number of piperidine rings is 1. The van der Waals surface area contributed by atoms with Crippen molar-refractivity contribution >= 4 is 40.1 Å². The Morgan fingerprint density at radius 3 is 2.52 bits per heavy atom. The molecule has 0 aliphatic carbocycles. The molecule has 14 heteroatoms. The number of amides is 1. The number of rotatable bonds is 7. The van der Waals surface area contributed by atoms with Gasteiger partial charge in [-0.2, -0.15) is 13.2 Å². The second-order valence-corrected chi connectivity index (χ2v) is 12.6. The monoisotopic (exact) mass is 677 g/mol. The summed E-state index contributed by atoms with van der Waals surface area (Å²) in [5.41, 5.74) is 0.0565. The maximum absolute atomic E-state index is 13.8. The summed E-state index contributed by atoms with van der Waals surface area (Å²) in [5, 5.41) is 15.7. The topological polar surface area (TPSA) is 102 Å². The standard InChI is InChI=1S/C32H32Cl2F3N5O4/c33-25-14-21(6-7-22(25)26-17-46-13-10-38-26)42-27(34)15-23-29(42)39-19-41(30(23)44)18-31(45)8-11-40(12-9-31)28(43)16-24(32(35,36)37)20-4-2-1-3-5-20/h1-7,14-15,19,24,26,38,45H,8-13,16-18H2/t24?,26-/m1/s1. The first kappa shape index (κ1) is 32.5. The SMILES string of the molecule is O=C(CC(c1ccccc1)C(F)(F)F)N1CCC(O)(Cn2cnc3c(cc(Cl)n3-c3ccc([C@H]4COCCN4)c(Cl)c3)c2=O)CC1. The minimum Gasteiger partial charge on any atom is -0.388 e. The van der Waals surface area contributed by atoms with E-state index in [2.05, 4.69) is 10.3 Å². The van der Waals surface area contributed by atoms with E-state index in [4.69, 9.17) is 27.9 Å². The predicted octanol–water partition coefficient (Wildman–Crippen LogP) is 5.24. The smallest absolute Gasteiger partial charge is 0.388 e. The highest BCUT2D eigenvalue weighted by atomic mass is 35.5. The molecule has 2 aliphatic rings. The minimum absolute atomic E-state index is 0.0278. The van der Waals surface area contributed by atoms with Crippen LogP contribution in [0.1, 0.15) is 42.3 Å². The summed E-state index contributed by atoms with van der Waals surface area (Å²) in [6.07, 6.45) is -3.80. The van der Waals surface area contributed by atoms with Crippen molar-refractivity contribution < 1.29 is 27.8 Å². The van der Waals surface area contributed by atoms with Crippen LogP contribution in [0.2, 0.25) is 10.2 Å². The van der Waals surface area contributed by atoms with Crippen LogP contribution >= 0.6 is 23.2 Å². The van der Waals surface area contributed by atoms with E-state index in [1.54, 1.807) is 16.7 Å². The van der Waals surface area contributed by atoms with E-state index < -0.39 is 35.6 Å². The highest BCUT2D eigenvalue weighted by Gasteiger charge is 2.43. The number of benzene rings is 2. The van der Waals surface area contributed by atoms with Gasteiger partial charge in [0.25, 0.3) is 5.56 Å². The molecule has 2 saturated heterocycles. The number of alkyl halides is 3. The molecule has 4 heterocycles. The number of ether oxygens (including phenoxy) is 1. The van der Waals surface area contributed by atoms with Gasteiger partial charge in [0.2, 0.25) is 5.91 Å². The van der Waals surface area contributed by atoms with E-state index in [-0.39, 0.29) is 54.6 Å². The first-order valence-corrected chi connectivity index (χ1v) is 15.7. The number of carbonyl (C=O) groups excluding carboxylic acids is 1. The lowest BCUT2D eigenvalue weighted by Crippen LogP contribution is -2.50. The van der Waals surface area contributed by atoms with Crippen LogP contribution in [0.25, 0.3) is 16.7 Å². The lowest BCUT2D eigenvalue weighted by atomic mass is 9.89. The molecule has 0 saturated carbocycles. The molecule has 2 fully saturated rings. The third-order valence-electron chi connectivity index (χ3n) is 8.77. The fraction of sp³-hybridized carbons (Fsp3) is 0.406. The molecular formula is C32H32Cl2F3N5O4. The van der Waals surface area contributed by atoms with Crippen LogP contribution in [0.4, 0.5) is 13.2 Å². The molecule has 2 aromatic carbocycles. The second kappa shape index (κ2) is 13.0. The molecule has 0 bridgehead atoms. The van der Waals surface area contributed by atoms with Gasteiger partial charge in [-0.25, -0.2) is 4.98 Å². The Balaban J connectivity index is 1.15. The average molecular weight is 679 g/mol. The van der Waals surface area contributed by atoms with Crippen molar-refractivity contribution in [1.29, 1.82) is 0 Å². The van der Waals surface area contributed by atoms with Gasteiger partial charge in [-0.05, 0) is 42.2 Å². The highest BCUT2D eigenvalue weighted by Crippen LogP contribution is 2.38. The number of likely N-dealkylation sites (tertiary alicyclic amines) is 1. The largest absolute Gasteiger partial charge is 0.396 e. The van der Waals surface area contributed by atoms with E-state index in [1.165, 1.54) is 46.1 Å². The molecule has 244 valence electrons. The van der Waals surface area contributed by atoms with Crippen molar-refractivity contribution in [3.05, 3.63) is 92.6 Å². The second-order valence-electron chi connectivity index (χ2n) is 11.8. The van der Waals surface area contributed by atoms with Crippen molar-refractivity contribution in [3.8, 4) is 5.69 Å². The van der Waals surface area contributed by atoms with Crippen LogP contribution in [0.3, 0.4) is 0 Å². The Bertz CT molecular complexity index is 1780. The molecule has 2 atom stereocenters. The molecule has 2 aliphatic heterocycles. The maximum Gasteiger partial charge on any atom is 0.396 e. The lowest BCUT2D eigenvalue weighted by Gasteiger charge is -2.39. The van der Waals surface area contributed by atoms with Crippen LogP contribution in [0, 0.1) is 0 Å². The normalized spacial score (nSPS) is 19.3. The molecule has 0 radical (unpaired) electrons. The number of hydrogen-bond acceptors (Lipinski definition) is 6. The fourth-order valence-electron chi connectivity index (χ4n) is 6.21. The molecule has 2 aromatic heterocycles. The van der Waals surface area contributed by atoms with Crippen molar-refractivity contribution in [2.45, 2.75) is 49.5 Å². The minimum atomic E-state index is -4.58. The Hall–Kier alpha value is -3.42. The number of aliphatic hydroxyl groups is 1. The number of aromatic nitrogens is 3. The summed E-state index contributed by atoms with van der Waals surface area (Å²) < 4.78 is 49.9. The Kier molecular flexibility index (Phi) is 9.19. The number of halogens is 5. The van der Waals surface area contributed by atoms with Gasteiger partial charge in [0.15, 0.2) is 5.65 Å². The Morgan fingerprint density at radius 1 is 1.13 bits per heavy atom. The van der Waals surface area contributed by atoms with E-state index in [9.17, 15) is 27.9 Å². The highest BCUT2D eigenvalue weighted by molar-refractivity contribution is 6.32. The number of nitrogens with one attached hydrogen (secondary N) is 1. The van der Waals surface area contributed by atoms with Gasteiger partial charge in [0, 0.05) is 36.8 Å². The van der Waals surface area contributed by atoms with Gasteiger partial charge in [-0.15, -0.1) is 0 Å². The van der Waals surface area contributed by atoms with Gasteiger partial charge in [-0.3, -0.25) is 18.7 Å². The third-order valence-corrected chi connectivity index (χ3v) is 9.37. The third kappa shape index (κ3) is 6.68. The number of carbonyl (C=O) groups is 1. The molecule has 9 nitrogen and oxygen atoms in total. The predicted molar refractivity (Wildman–Crippen MR) is 168 cm³/mol. The van der Waals surface area contributed by atoms with Crippen LogP contribution < -0.4 is 10.9 Å². The van der Waals surface area contributed by atoms with Crippen molar-refractivity contribution in [2.75, 3.05) is 32.8 Å². The van der Waals surface area contributed by atoms with E-state index in [0.29, 0.717) is 29.6 Å². The molecule has 2 N–H and O–H groups in total. The van der Waals surface area contributed by atoms with Crippen LogP contribution in [0.5, 0.6) is 0 Å². The summed E-state index contributed by atoms with van der Waals surface area (Å²) in [4.78, 5) is 32.3. The van der Waals surface area contributed by atoms with Crippen LogP contribution in [0.15, 0.2) is 65.7 Å². The average Bonchev–Trinajstić information content (AvgIpc) is 3.38. The molecule has 1 unspecified atom stereocenters. The summed E-state index contributed by atoms with van der Waals surface area (Å²) in [5.74, 6) is -2.56. The zero-order valence-corrected chi connectivity index (χ0v) is 26.2. The number of nitrogens with zero attached hydrogens (tertiary/aromatic N) is 4. The number of fused-ring (bicyclic) bond motifs is 1. The van der Waals surface area contributed by atoms with Crippen LogP contribution in [-0.4, -0.2) is 74.7 Å². The molecule has 1 amide bonds. The zero-order chi connectivity index (χ0) is 32.6. The Morgan fingerprint density at radius 2 is 1.87 bits per heavy atom. The van der Waals surface area contributed by atoms with E-state index >= 15 is 0 Å². The molecule has 6 rings (SSSR count). The molecule has 4 aromatic rings. The van der Waals surface area contributed by atoms with Gasteiger partial charge < -0.3 is 20.1 Å². The van der Waals surface area contributed by atoms with Crippen LogP contribution in [-0.2, 0) is 16.1 Å². The van der Waals surface area contributed by atoms with Crippen molar-refractivity contribution in [3.63, 3.8) is 0 Å². The number of hydrogen-bond donors (Lipinski definition) is 2. The first-order valence-electron chi connectivity index (χ1n) is 14.9.